The predicted octanol–water partition coefficient (Wildman–Crippen LogP) is 4.59. The number of anilines is 2. The number of hydrogen-bond donors (Lipinski definition) is 0. The minimum absolute atomic E-state index is 0.836. The van der Waals surface area contributed by atoms with Gasteiger partial charge in [-0.2, -0.15) is 0 Å². The Bertz CT molecular complexity index is 1000. The molecule has 0 saturated carbocycles. The van der Waals surface area contributed by atoms with Crippen molar-refractivity contribution in [2.45, 2.75) is 6.92 Å². The summed E-state index contributed by atoms with van der Waals surface area (Å²) in [5.74, 6) is 0.928. The monoisotopic (exact) mass is 327 g/mol. The van der Waals surface area contributed by atoms with Gasteiger partial charge >= 0.3 is 0 Å². The first kappa shape index (κ1) is 15.4. The number of hydrogen-bond acceptors (Lipinski definition) is 3. The van der Waals surface area contributed by atoms with E-state index in [0.29, 0.717) is 0 Å². The van der Waals surface area contributed by atoms with E-state index in [1.165, 1.54) is 11.1 Å². The van der Waals surface area contributed by atoms with Crippen LogP contribution in [-0.4, -0.2) is 21.1 Å². The summed E-state index contributed by atoms with van der Waals surface area (Å²) in [7, 11) is 2.00. The second-order valence-electron chi connectivity index (χ2n) is 5.97. The zero-order valence-corrected chi connectivity index (χ0v) is 14.3. The van der Waals surface area contributed by atoms with Crippen molar-refractivity contribution in [2.75, 3.05) is 11.4 Å². The normalized spacial score (nSPS) is 11.0. The minimum Gasteiger partial charge on any atom is -0.334 e. The van der Waals surface area contributed by atoms with Crippen molar-refractivity contribution in [1.29, 1.82) is 0 Å². The number of fused-ring (bicyclic) bond motifs is 1. The molecule has 0 unspecified atom stereocenters. The molecule has 123 valence electrons. The van der Waals surface area contributed by atoms with Gasteiger partial charge in [0.1, 0.15) is 11.3 Å². The number of nitrogens with zero attached hydrogens (tertiary/aromatic N) is 4. The van der Waals surface area contributed by atoms with Crippen LogP contribution in [0.2, 0.25) is 0 Å². The maximum Gasteiger partial charge on any atom is 0.135 e. The largest absolute Gasteiger partial charge is 0.334 e. The molecule has 2 aromatic carbocycles. The second kappa shape index (κ2) is 6.40. The fourth-order valence-corrected chi connectivity index (χ4v) is 3.08. The highest BCUT2D eigenvalue weighted by Crippen LogP contribution is 2.29. The molecular formula is C21H19N4. The summed E-state index contributed by atoms with van der Waals surface area (Å²) in [5.41, 5.74) is 5.50. The minimum atomic E-state index is 0.836. The molecule has 1 radical (unpaired) electrons. The average Bonchev–Trinajstić information content (AvgIpc) is 3.04. The van der Waals surface area contributed by atoms with Crippen LogP contribution in [0.25, 0.3) is 22.2 Å². The van der Waals surface area contributed by atoms with Gasteiger partial charge in [0.15, 0.2) is 0 Å². The van der Waals surface area contributed by atoms with Crippen molar-refractivity contribution < 1.29 is 0 Å². The zero-order chi connectivity index (χ0) is 17.2. The van der Waals surface area contributed by atoms with E-state index in [2.05, 4.69) is 70.3 Å². The van der Waals surface area contributed by atoms with E-state index in [0.717, 1.165) is 29.1 Å². The van der Waals surface area contributed by atoms with Crippen molar-refractivity contribution in [1.82, 2.24) is 14.5 Å². The Morgan fingerprint density at radius 1 is 1.04 bits per heavy atom. The molecule has 0 fully saturated rings. The smallest absolute Gasteiger partial charge is 0.135 e. The third-order valence-electron chi connectivity index (χ3n) is 4.40. The van der Waals surface area contributed by atoms with Crippen LogP contribution < -0.4 is 4.90 Å². The molecule has 0 aliphatic carbocycles. The SMILES string of the molecule is CCN(c1cccc(-c2cc[c]cc2)c1)c1cc2c(cn1)ncn2C. The Hall–Kier alpha value is -3.14. The van der Waals surface area contributed by atoms with Crippen LogP contribution in [-0.2, 0) is 7.05 Å². The first-order valence-corrected chi connectivity index (χ1v) is 8.37. The molecular weight excluding hydrogens is 308 g/mol. The molecule has 0 spiro atoms. The molecule has 2 aromatic heterocycles. The quantitative estimate of drug-likeness (QED) is 0.549. The molecule has 25 heavy (non-hydrogen) atoms. The average molecular weight is 327 g/mol. The lowest BCUT2D eigenvalue weighted by Crippen LogP contribution is -2.17. The molecule has 2 heterocycles. The van der Waals surface area contributed by atoms with Gasteiger partial charge in [0.25, 0.3) is 0 Å². The Kier molecular flexibility index (Phi) is 3.94. The number of aromatic nitrogens is 3. The summed E-state index contributed by atoms with van der Waals surface area (Å²) in [6, 6.07) is 21.7. The summed E-state index contributed by atoms with van der Waals surface area (Å²) >= 11 is 0. The third kappa shape index (κ3) is 2.87. The number of aryl methyl sites for hydroxylation is 1. The number of pyridine rings is 1. The van der Waals surface area contributed by atoms with Gasteiger partial charge < -0.3 is 9.47 Å². The van der Waals surface area contributed by atoms with Gasteiger partial charge in [0, 0.05) is 25.3 Å². The van der Waals surface area contributed by atoms with E-state index in [1.807, 2.05) is 36.3 Å². The highest BCUT2D eigenvalue weighted by Gasteiger charge is 2.12. The molecule has 0 saturated heterocycles. The number of imidazole rings is 1. The lowest BCUT2D eigenvalue weighted by Gasteiger charge is -2.23. The Morgan fingerprint density at radius 2 is 1.88 bits per heavy atom. The van der Waals surface area contributed by atoms with Crippen molar-refractivity contribution >= 4 is 22.5 Å². The van der Waals surface area contributed by atoms with Crippen molar-refractivity contribution in [3.05, 3.63) is 73.2 Å². The Morgan fingerprint density at radius 3 is 2.68 bits per heavy atom. The van der Waals surface area contributed by atoms with Gasteiger partial charge in [-0.1, -0.05) is 36.4 Å². The molecule has 4 rings (SSSR count). The van der Waals surface area contributed by atoms with E-state index in [1.54, 1.807) is 0 Å². The Labute approximate surface area is 147 Å². The fraction of sp³-hybridized carbons (Fsp3) is 0.143. The summed E-state index contributed by atoms with van der Waals surface area (Å²) in [6.45, 7) is 2.97. The maximum atomic E-state index is 4.62. The first-order chi connectivity index (χ1) is 12.3. The summed E-state index contributed by atoms with van der Waals surface area (Å²) in [4.78, 5) is 11.2. The fourth-order valence-electron chi connectivity index (χ4n) is 3.08. The molecule has 0 N–H and O–H groups in total. The highest BCUT2D eigenvalue weighted by molar-refractivity contribution is 5.79. The van der Waals surface area contributed by atoms with Gasteiger partial charge in [-0.25, -0.2) is 9.97 Å². The molecule has 4 heteroatoms. The molecule has 0 amide bonds. The molecule has 0 atom stereocenters. The van der Waals surface area contributed by atoms with Gasteiger partial charge in [-0.05, 0) is 36.2 Å². The first-order valence-electron chi connectivity index (χ1n) is 8.37. The van der Waals surface area contributed by atoms with Crippen LogP contribution in [0.15, 0.2) is 67.1 Å². The summed E-state index contributed by atoms with van der Waals surface area (Å²) < 4.78 is 2.02. The molecule has 4 nitrogen and oxygen atoms in total. The highest BCUT2D eigenvalue weighted by atomic mass is 15.2. The van der Waals surface area contributed by atoms with Gasteiger partial charge in [0.05, 0.1) is 18.0 Å². The standard InChI is InChI=1S/C21H19N4/c1-3-25(21-13-20-19(14-22-21)23-15-24(20)2)18-11-7-10-17(12-18)16-8-5-4-6-9-16/h5-15H,3H2,1-2H3. The summed E-state index contributed by atoms with van der Waals surface area (Å²) in [5, 5.41) is 0. The van der Waals surface area contributed by atoms with E-state index in [4.69, 9.17) is 0 Å². The lowest BCUT2D eigenvalue weighted by atomic mass is 10.0. The van der Waals surface area contributed by atoms with Crippen LogP contribution in [0.1, 0.15) is 6.92 Å². The van der Waals surface area contributed by atoms with Crippen LogP contribution in [0.3, 0.4) is 0 Å². The summed E-state index contributed by atoms with van der Waals surface area (Å²) in [6.07, 6.45) is 3.66. The van der Waals surface area contributed by atoms with Crippen LogP contribution >= 0.6 is 0 Å². The van der Waals surface area contributed by atoms with Crippen molar-refractivity contribution in [3.8, 4) is 11.1 Å². The Balaban J connectivity index is 1.76. The third-order valence-corrected chi connectivity index (χ3v) is 4.40. The second-order valence-corrected chi connectivity index (χ2v) is 5.97. The predicted molar refractivity (Wildman–Crippen MR) is 102 cm³/mol. The van der Waals surface area contributed by atoms with Crippen LogP contribution in [0.4, 0.5) is 11.5 Å². The van der Waals surface area contributed by atoms with Crippen LogP contribution in [0, 0.1) is 6.07 Å². The lowest BCUT2D eigenvalue weighted by molar-refractivity contribution is 0.944. The van der Waals surface area contributed by atoms with E-state index >= 15 is 0 Å². The van der Waals surface area contributed by atoms with Gasteiger partial charge in [0.2, 0.25) is 0 Å². The van der Waals surface area contributed by atoms with E-state index < -0.39 is 0 Å². The van der Waals surface area contributed by atoms with Crippen LogP contribution in [0.5, 0.6) is 0 Å². The molecule has 4 aromatic rings. The van der Waals surface area contributed by atoms with Gasteiger partial charge in [-0.3, -0.25) is 0 Å². The topological polar surface area (TPSA) is 34.0 Å². The van der Waals surface area contributed by atoms with Crippen molar-refractivity contribution in [2.24, 2.45) is 7.05 Å². The van der Waals surface area contributed by atoms with Gasteiger partial charge in [-0.15, -0.1) is 0 Å². The maximum absolute atomic E-state index is 4.62. The number of rotatable bonds is 4. The van der Waals surface area contributed by atoms with E-state index in [9.17, 15) is 0 Å². The van der Waals surface area contributed by atoms with Crippen molar-refractivity contribution in [3.63, 3.8) is 0 Å². The van der Waals surface area contributed by atoms with E-state index in [-0.39, 0.29) is 0 Å². The number of benzene rings is 2. The molecule has 0 aliphatic heterocycles. The zero-order valence-electron chi connectivity index (χ0n) is 14.3. The molecule has 0 bridgehead atoms. The molecule has 0 aliphatic rings.